The molecule has 1 aromatic carbocycles. The molecular weight excluding hydrogens is 226 g/mol. The van der Waals surface area contributed by atoms with E-state index in [1.54, 1.807) is 0 Å². The van der Waals surface area contributed by atoms with Crippen molar-refractivity contribution in [3.05, 3.63) is 36.0 Å². The Morgan fingerprint density at radius 3 is 2.94 bits per heavy atom. The lowest BCUT2D eigenvalue weighted by Gasteiger charge is -2.04. The number of hydrogen-bond donors (Lipinski definition) is 1. The van der Waals surface area contributed by atoms with Gasteiger partial charge in [0.2, 0.25) is 0 Å². The van der Waals surface area contributed by atoms with Gasteiger partial charge in [-0.1, -0.05) is 32.3 Å². The second kappa shape index (κ2) is 6.24. The molecular formula is C15H19NO2. The first-order chi connectivity index (χ1) is 8.81. The number of nitrogens with one attached hydrogen (secondary N) is 1. The van der Waals surface area contributed by atoms with E-state index in [2.05, 4.69) is 11.9 Å². The Bertz CT molecular complexity index is 516. The maximum Gasteiger partial charge on any atom is 0.338 e. The van der Waals surface area contributed by atoms with Crippen molar-refractivity contribution in [2.45, 2.75) is 32.6 Å². The van der Waals surface area contributed by atoms with Crippen LogP contribution in [0.4, 0.5) is 0 Å². The molecule has 96 valence electrons. The molecule has 0 bridgehead atoms. The Labute approximate surface area is 107 Å². The van der Waals surface area contributed by atoms with E-state index in [4.69, 9.17) is 4.74 Å². The summed E-state index contributed by atoms with van der Waals surface area (Å²) in [5.74, 6) is -0.233. The molecule has 0 saturated carbocycles. The van der Waals surface area contributed by atoms with Crippen molar-refractivity contribution in [1.82, 2.24) is 4.98 Å². The maximum absolute atomic E-state index is 11.8. The zero-order chi connectivity index (χ0) is 12.8. The van der Waals surface area contributed by atoms with Crippen molar-refractivity contribution in [2.75, 3.05) is 6.61 Å². The average Bonchev–Trinajstić information content (AvgIpc) is 2.85. The SMILES string of the molecule is CCCCCCOC(=O)c1ccc2cc[nH]c2c1. The molecule has 0 saturated heterocycles. The molecule has 18 heavy (non-hydrogen) atoms. The highest BCUT2D eigenvalue weighted by atomic mass is 16.5. The number of unbranched alkanes of at least 4 members (excludes halogenated alkanes) is 3. The highest BCUT2D eigenvalue weighted by Gasteiger charge is 2.07. The number of fused-ring (bicyclic) bond motifs is 1. The largest absolute Gasteiger partial charge is 0.462 e. The molecule has 1 aromatic heterocycles. The Morgan fingerprint density at radius 2 is 2.11 bits per heavy atom. The Kier molecular flexibility index (Phi) is 4.40. The van der Waals surface area contributed by atoms with E-state index in [-0.39, 0.29) is 5.97 Å². The molecule has 2 rings (SSSR count). The smallest absolute Gasteiger partial charge is 0.338 e. The zero-order valence-corrected chi connectivity index (χ0v) is 10.7. The van der Waals surface area contributed by atoms with Crippen LogP contribution in [0.5, 0.6) is 0 Å². The van der Waals surface area contributed by atoms with E-state index in [1.165, 1.54) is 12.8 Å². The Morgan fingerprint density at radius 1 is 1.22 bits per heavy atom. The maximum atomic E-state index is 11.8. The van der Waals surface area contributed by atoms with Gasteiger partial charge >= 0.3 is 5.97 Å². The minimum atomic E-state index is -0.233. The fourth-order valence-electron chi connectivity index (χ4n) is 1.95. The highest BCUT2D eigenvalue weighted by Crippen LogP contribution is 2.15. The summed E-state index contributed by atoms with van der Waals surface area (Å²) in [5, 5.41) is 1.11. The van der Waals surface area contributed by atoms with Gasteiger partial charge in [0.25, 0.3) is 0 Å². The van der Waals surface area contributed by atoms with Crippen molar-refractivity contribution in [3.8, 4) is 0 Å². The second-order valence-electron chi connectivity index (χ2n) is 4.48. The Hall–Kier alpha value is -1.77. The monoisotopic (exact) mass is 245 g/mol. The first kappa shape index (κ1) is 12.7. The van der Waals surface area contributed by atoms with Gasteiger partial charge in [-0.3, -0.25) is 0 Å². The van der Waals surface area contributed by atoms with E-state index in [0.29, 0.717) is 12.2 Å². The van der Waals surface area contributed by atoms with E-state index in [0.717, 1.165) is 23.7 Å². The number of carbonyl (C=O) groups excluding carboxylic acids is 1. The zero-order valence-electron chi connectivity index (χ0n) is 10.7. The number of ether oxygens (including phenoxy) is 1. The van der Waals surface area contributed by atoms with Gasteiger partial charge in [-0.05, 0) is 30.0 Å². The van der Waals surface area contributed by atoms with Crippen LogP contribution in [0.15, 0.2) is 30.5 Å². The molecule has 0 fully saturated rings. The van der Waals surface area contributed by atoms with Gasteiger partial charge in [0.15, 0.2) is 0 Å². The third-order valence-electron chi connectivity index (χ3n) is 3.02. The normalized spacial score (nSPS) is 10.7. The lowest BCUT2D eigenvalue weighted by molar-refractivity contribution is 0.0498. The van der Waals surface area contributed by atoms with Crippen molar-refractivity contribution in [1.29, 1.82) is 0 Å². The van der Waals surface area contributed by atoms with Crippen molar-refractivity contribution < 1.29 is 9.53 Å². The first-order valence-electron chi connectivity index (χ1n) is 6.55. The molecule has 0 amide bonds. The fourth-order valence-corrected chi connectivity index (χ4v) is 1.95. The van der Waals surface area contributed by atoms with Crippen molar-refractivity contribution in [2.24, 2.45) is 0 Å². The molecule has 0 atom stereocenters. The van der Waals surface area contributed by atoms with Crippen LogP contribution in [0.3, 0.4) is 0 Å². The van der Waals surface area contributed by atoms with Crippen LogP contribution in [0.25, 0.3) is 10.9 Å². The number of esters is 1. The standard InChI is InChI=1S/C15H19NO2/c1-2-3-4-5-10-18-15(17)13-7-6-12-8-9-16-14(12)11-13/h6-9,11,16H,2-5,10H2,1H3. The number of aromatic nitrogens is 1. The summed E-state index contributed by atoms with van der Waals surface area (Å²) in [4.78, 5) is 14.9. The topological polar surface area (TPSA) is 42.1 Å². The summed E-state index contributed by atoms with van der Waals surface area (Å²) in [6, 6.07) is 7.56. The van der Waals surface area contributed by atoms with Gasteiger partial charge in [-0.25, -0.2) is 4.79 Å². The van der Waals surface area contributed by atoms with E-state index in [1.807, 2.05) is 30.5 Å². The number of carbonyl (C=O) groups is 1. The summed E-state index contributed by atoms with van der Waals surface area (Å²) in [6.07, 6.45) is 6.33. The summed E-state index contributed by atoms with van der Waals surface area (Å²) in [5.41, 5.74) is 1.58. The third kappa shape index (κ3) is 3.13. The molecule has 1 heterocycles. The molecule has 2 aromatic rings. The first-order valence-corrected chi connectivity index (χ1v) is 6.55. The van der Waals surface area contributed by atoms with Crippen LogP contribution in [-0.4, -0.2) is 17.6 Å². The number of hydrogen-bond acceptors (Lipinski definition) is 2. The van der Waals surface area contributed by atoms with Crippen LogP contribution in [-0.2, 0) is 4.74 Å². The lowest BCUT2D eigenvalue weighted by Crippen LogP contribution is -2.06. The van der Waals surface area contributed by atoms with Crippen LogP contribution in [0.1, 0.15) is 43.0 Å². The second-order valence-corrected chi connectivity index (χ2v) is 4.48. The number of H-pyrrole nitrogens is 1. The fraction of sp³-hybridized carbons (Fsp3) is 0.400. The minimum Gasteiger partial charge on any atom is -0.462 e. The molecule has 0 spiro atoms. The van der Waals surface area contributed by atoms with Crippen LogP contribution in [0.2, 0.25) is 0 Å². The number of rotatable bonds is 6. The molecule has 0 aliphatic rings. The van der Waals surface area contributed by atoms with Crippen molar-refractivity contribution >= 4 is 16.9 Å². The third-order valence-corrected chi connectivity index (χ3v) is 3.02. The van der Waals surface area contributed by atoms with Gasteiger partial charge in [0.1, 0.15) is 0 Å². The number of aromatic amines is 1. The molecule has 1 N–H and O–H groups in total. The van der Waals surface area contributed by atoms with Crippen LogP contribution >= 0.6 is 0 Å². The highest BCUT2D eigenvalue weighted by molar-refractivity contribution is 5.94. The summed E-state index contributed by atoms with van der Waals surface area (Å²) in [7, 11) is 0. The summed E-state index contributed by atoms with van der Waals surface area (Å²) >= 11 is 0. The summed E-state index contributed by atoms with van der Waals surface area (Å²) < 4.78 is 5.25. The molecule has 3 nitrogen and oxygen atoms in total. The molecule has 0 aliphatic carbocycles. The van der Waals surface area contributed by atoms with E-state index < -0.39 is 0 Å². The summed E-state index contributed by atoms with van der Waals surface area (Å²) in [6.45, 7) is 2.68. The predicted molar refractivity (Wildman–Crippen MR) is 72.7 cm³/mol. The van der Waals surface area contributed by atoms with Gasteiger partial charge in [0.05, 0.1) is 12.2 Å². The molecule has 0 radical (unpaired) electrons. The predicted octanol–water partition coefficient (Wildman–Crippen LogP) is 3.91. The number of benzene rings is 1. The average molecular weight is 245 g/mol. The molecule has 3 heteroatoms. The van der Waals surface area contributed by atoms with Gasteiger partial charge in [0, 0.05) is 11.7 Å². The van der Waals surface area contributed by atoms with Crippen molar-refractivity contribution in [3.63, 3.8) is 0 Å². The quantitative estimate of drug-likeness (QED) is 0.619. The van der Waals surface area contributed by atoms with Gasteiger partial charge in [-0.15, -0.1) is 0 Å². The minimum absolute atomic E-state index is 0.233. The van der Waals surface area contributed by atoms with E-state index >= 15 is 0 Å². The van der Waals surface area contributed by atoms with Crippen LogP contribution in [0, 0.1) is 0 Å². The van der Waals surface area contributed by atoms with Gasteiger partial charge in [-0.2, -0.15) is 0 Å². The van der Waals surface area contributed by atoms with Gasteiger partial charge < -0.3 is 9.72 Å². The Balaban J connectivity index is 1.88. The van der Waals surface area contributed by atoms with E-state index in [9.17, 15) is 4.79 Å². The van der Waals surface area contributed by atoms with Crippen LogP contribution < -0.4 is 0 Å². The lowest BCUT2D eigenvalue weighted by atomic mass is 10.1. The molecule has 0 unspecified atom stereocenters. The molecule has 0 aliphatic heterocycles.